The number of aromatic nitrogens is 3. The van der Waals surface area contributed by atoms with Gasteiger partial charge in [0.15, 0.2) is 5.58 Å². The van der Waals surface area contributed by atoms with E-state index in [2.05, 4.69) is 5.16 Å². The monoisotopic (exact) mass is 537 g/mol. The molecule has 8 heteroatoms. The number of aryl methyl sites for hydroxylation is 2. The zero-order valence-electron chi connectivity index (χ0n) is 23.6. The molecule has 1 aliphatic heterocycles. The molecular formula is C31H40FN3O4. The summed E-state index contributed by atoms with van der Waals surface area (Å²) in [6.45, 7) is 8.85. The van der Waals surface area contributed by atoms with Gasteiger partial charge in [0, 0.05) is 47.0 Å². The van der Waals surface area contributed by atoms with Gasteiger partial charge in [-0.25, -0.2) is 9.37 Å². The Hall–Kier alpha value is -3.03. The normalized spacial score (nSPS) is 21.6. The molecule has 210 valence electrons. The van der Waals surface area contributed by atoms with Crippen LogP contribution in [-0.4, -0.2) is 27.3 Å². The van der Waals surface area contributed by atoms with Gasteiger partial charge in [-0.2, -0.15) is 0 Å². The van der Waals surface area contributed by atoms with E-state index in [-0.39, 0.29) is 28.7 Å². The summed E-state index contributed by atoms with van der Waals surface area (Å²) in [6.07, 6.45) is 8.40. The predicted octanol–water partition coefficient (Wildman–Crippen LogP) is 6.42. The van der Waals surface area contributed by atoms with E-state index in [1.54, 1.807) is 6.07 Å². The van der Waals surface area contributed by atoms with Gasteiger partial charge in [-0.1, -0.05) is 12.1 Å². The highest BCUT2D eigenvalue weighted by Crippen LogP contribution is 2.47. The summed E-state index contributed by atoms with van der Waals surface area (Å²) in [5.41, 5.74) is 2.26. The van der Waals surface area contributed by atoms with Gasteiger partial charge in [-0.3, -0.25) is 14.2 Å². The fourth-order valence-electron chi connectivity index (χ4n) is 6.16. The molecule has 0 atom stereocenters. The Kier molecular flexibility index (Phi) is 7.66. The van der Waals surface area contributed by atoms with E-state index in [1.165, 1.54) is 12.1 Å². The number of carbonyl (C=O) groups excluding carboxylic acids is 1. The van der Waals surface area contributed by atoms with Crippen molar-refractivity contribution in [1.29, 1.82) is 0 Å². The first kappa shape index (κ1) is 27.5. The highest BCUT2D eigenvalue weighted by molar-refractivity contribution is 5.80. The largest absolute Gasteiger partial charge is 0.465 e. The lowest BCUT2D eigenvalue weighted by atomic mass is 9.67. The molecular weight excluding hydrogens is 497 g/mol. The van der Waals surface area contributed by atoms with Crippen LogP contribution in [0, 0.1) is 23.6 Å². The van der Waals surface area contributed by atoms with Gasteiger partial charge in [0.25, 0.3) is 5.56 Å². The highest BCUT2D eigenvalue weighted by Gasteiger charge is 2.40. The van der Waals surface area contributed by atoms with Gasteiger partial charge in [0.05, 0.1) is 17.7 Å². The number of benzene rings is 1. The number of carbonyl (C=O) groups is 1. The van der Waals surface area contributed by atoms with Gasteiger partial charge in [0.2, 0.25) is 0 Å². The van der Waals surface area contributed by atoms with Crippen LogP contribution >= 0.6 is 0 Å². The number of ether oxygens (including phenoxy) is 1. The molecule has 7 nitrogen and oxygen atoms in total. The van der Waals surface area contributed by atoms with Gasteiger partial charge in [-0.15, -0.1) is 0 Å². The lowest BCUT2D eigenvalue weighted by Crippen LogP contribution is -2.37. The molecule has 0 saturated heterocycles. The van der Waals surface area contributed by atoms with Gasteiger partial charge < -0.3 is 9.26 Å². The van der Waals surface area contributed by atoms with Crippen LogP contribution in [0.3, 0.4) is 0 Å². The summed E-state index contributed by atoms with van der Waals surface area (Å²) >= 11 is 0. The Morgan fingerprint density at radius 2 is 2.03 bits per heavy atom. The lowest BCUT2D eigenvalue weighted by molar-refractivity contribution is -0.159. The number of esters is 1. The first-order valence-corrected chi connectivity index (χ1v) is 14.4. The van der Waals surface area contributed by atoms with Gasteiger partial charge >= 0.3 is 5.97 Å². The van der Waals surface area contributed by atoms with Crippen molar-refractivity contribution in [3.8, 4) is 0 Å². The molecule has 1 aromatic carbocycles. The summed E-state index contributed by atoms with van der Waals surface area (Å²) in [7, 11) is 0. The number of nitrogens with zero attached hydrogens (tertiary/aromatic N) is 3. The summed E-state index contributed by atoms with van der Waals surface area (Å²) in [6, 6.07) is 4.56. The zero-order valence-corrected chi connectivity index (χ0v) is 23.6. The van der Waals surface area contributed by atoms with Crippen molar-refractivity contribution in [2.75, 3.05) is 6.61 Å². The van der Waals surface area contributed by atoms with E-state index in [4.69, 9.17) is 14.2 Å². The molecule has 3 aromatic rings. The molecule has 0 N–H and O–H groups in total. The fraction of sp³-hybridized carbons (Fsp3) is 0.613. The minimum absolute atomic E-state index is 0.0893. The Labute approximate surface area is 229 Å². The van der Waals surface area contributed by atoms with Crippen LogP contribution in [0.2, 0.25) is 0 Å². The molecule has 0 radical (unpaired) electrons. The first-order valence-electron chi connectivity index (χ1n) is 14.4. The van der Waals surface area contributed by atoms with Crippen molar-refractivity contribution >= 4 is 16.9 Å². The predicted molar refractivity (Wildman–Crippen MR) is 147 cm³/mol. The molecule has 39 heavy (non-hydrogen) atoms. The molecule has 0 unspecified atom stereocenters. The fourth-order valence-corrected chi connectivity index (χ4v) is 6.16. The lowest BCUT2D eigenvalue weighted by Gasteiger charge is -2.40. The molecule has 2 aliphatic rings. The van der Waals surface area contributed by atoms with Crippen molar-refractivity contribution in [1.82, 2.24) is 14.7 Å². The third-order valence-corrected chi connectivity index (χ3v) is 9.33. The average Bonchev–Trinajstić information content (AvgIpc) is 3.35. The Morgan fingerprint density at radius 3 is 2.77 bits per heavy atom. The second-order valence-electron chi connectivity index (χ2n) is 12.3. The Morgan fingerprint density at radius 1 is 1.26 bits per heavy atom. The second kappa shape index (κ2) is 10.9. The molecule has 5 rings (SSSR count). The molecule has 2 aromatic heterocycles. The van der Waals surface area contributed by atoms with Crippen molar-refractivity contribution in [3.05, 3.63) is 57.1 Å². The number of hydrogen-bond donors (Lipinski definition) is 0. The third-order valence-electron chi connectivity index (χ3n) is 9.33. The first-order chi connectivity index (χ1) is 18.6. The topological polar surface area (TPSA) is 87.2 Å². The van der Waals surface area contributed by atoms with Crippen LogP contribution in [0.15, 0.2) is 27.5 Å². The minimum Gasteiger partial charge on any atom is -0.465 e. The highest BCUT2D eigenvalue weighted by atomic mass is 19.1. The summed E-state index contributed by atoms with van der Waals surface area (Å²) in [5.74, 6) is 0.568. The van der Waals surface area contributed by atoms with Crippen LogP contribution in [0.1, 0.15) is 101 Å². The summed E-state index contributed by atoms with van der Waals surface area (Å²) < 4.78 is 26.9. The SMILES string of the molecule is CCC(C)(C)C(=O)OCC1(CCc2c(C)nc3n(c2=O)CCCC3)CCC(c2noc3cc(F)ccc23)CC1. The maximum atomic E-state index is 13.7. The number of halogens is 1. The van der Waals surface area contributed by atoms with E-state index >= 15 is 0 Å². The van der Waals surface area contributed by atoms with Crippen LogP contribution in [0.5, 0.6) is 0 Å². The number of fused-ring (bicyclic) bond motifs is 2. The van der Waals surface area contributed by atoms with Gasteiger partial charge in [0.1, 0.15) is 11.6 Å². The molecule has 1 aliphatic carbocycles. The van der Waals surface area contributed by atoms with Crippen molar-refractivity contribution in [3.63, 3.8) is 0 Å². The molecule has 1 fully saturated rings. The van der Waals surface area contributed by atoms with Gasteiger partial charge in [-0.05, 0) is 90.7 Å². The van der Waals surface area contributed by atoms with E-state index in [9.17, 15) is 14.0 Å². The van der Waals surface area contributed by atoms with Crippen LogP contribution < -0.4 is 5.56 Å². The molecule has 0 spiro atoms. The minimum atomic E-state index is -0.537. The molecule has 1 saturated carbocycles. The van der Waals surface area contributed by atoms with Crippen LogP contribution in [0.25, 0.3) is 11.0 Å². The molecule has 3 heterocycles. The van der Waals surface area contributed by atoms with E-state index < -0.39 is 5.41 Å². The van der Waals surface area contributed by atoms with E-state index in [0.717, 1.165) is 86.1 Å². The number of rotatable bonds is 8. The maximum absolute atomic E-state index is 13.7. The Balaban J connectivity index is 1.36. The second-order valence-corrected chi connectivity index (χ2v) is 12.3. The van der Waals surface area contributed by atoms with E-state index in [0.29, 0.717) is 25.0 Å². The summed E-state index contributed by atoms with van der Waals surface area (Å²) in [4.78, 5) is 31.1. The van der Waals surface area contributed by atoms with Crippen LogP contribution in [-0.2, 0) is 28.9 Å². The average molecular weight is 538 g/mol. The van der Waals surface area contributed by atoms with Crippen molar-refractivity contribution in [2.45, 2.75) is 104 Å². The standard InChI is InChI=1S/C31H40FN3O4/c1-5-30(3,4)29(37)38-19-31(16-13-23-20(2)33-26-8-6-7-17-35(26)28(23)36)14-11-21(12-15-31)27-24-10-9-22(32)18-25(24)39-34-27/h9-10,18,21H,5-8,11-17,19H2,1-4H3. The van der Waals surface area contributed by atoms with Crippen LogP contribution in [0.4, 0.5) is 4.39 Å². The maximum Gasteiger partial charge on any atom is 0.311 e. The van der Waals surface area contributed by atoms with E-state index in [1.807, 2.05) is 32.3 Å². The van der Waals surface area contributed by atoms with Crippen molar-refractivity contribution in [2.24, 2.45) is 10.8 Å². The van der Waals surface area contributed by atoms with Crippen molar-refractivity contribution < 1.29 is 18.4 Å². The molecule has 0 amide bonds. The summed E-state index contributed by atoms with van der Waals surface area (Å²) in [5, 5.41) is 5.16. The third kappa shape index (κ3) is 5.52. The number of hydrogen-bond acceptors (Lipinski definition) is 6. The zero-order chi connectivity index (χ0) is 27.8. The Bertz CT molecular complexity index is 1420. The molecule has 0 bridgehead atoms. The quantitative estimate of drug-likeness (QED) is 0.308. The smallest absolute Gasteiger partial charge is 0.311 e.